The van der Waals surface area contributed by atoms with Crippen molar-refractivity contribution in [2.45, 2.75) is 84.6 Å². The van der Waals surface area contributed by atoms with Gasteiger partial charge in [0.1, 0.15) is 5.54 Å². The standard InChI is InChI=1S/C21H18FNO.C16H37P/c22-16-20(24)23-21(17-10-4-1-5-11-17,18-12-6-2-7-13-18)19-14-8-3-9-15-19;1-5-9-13-17(14-10-6-2,15-11-7-3)16-12-8-4/h1-15H,16H2,(H,23,24);17H,5-16H2,1-4H3. The number of carbonyl (C=O) groups excluding carboxylic acids is 1. The molecular formula is C37H55FNOP. The minimum atomic E-state index is -1.06. The van der Waals surface area contributed by atoms with Crippen LogP contribution in [0.5, 0.6) is 0 Å². The number of carbonyl (C=O) groups is 1. The Morgan fingerprint density at radius 2 is 0.878 bits per heavy atom. The third-order valence-corrected chi connectivity index (χ3v) is 14.0. The van der Waals surface area contributed by atoms with E-state index in [1.54, 1.807) is 24.6 Å². The van der Waals surface area contributed by atoms with E-state index in [0.29, 0.717) is 0 Å². The number of amides is 1. The number of rotatable bonds is 17. The fourth-order valence-corrected chi connectivity index (χ4v) is 11.9. The van der Waals surface area contributed by atoms with Crippen LogP contribution in [0, 0.1) is 0 Å². The van der Waals surface area contributed by atoms with Crippen LogP contribution in [0.4, 0.5) is 4.39 Å². The summed E-state index contributed by atoms with van der Waals surface area (Å²) in [6.07, 6.45) is 18.1. The maximum absolute atomic E-state index is 13.1. The average Bonchev–Trinajstić information content (AvgIpc) is 3.04. The SMILES string of the molecule is CCCC[PH](CCCC)(CCCC)CCCC.O=C(CF)NC(c1ccccc1)(c1ccccc1)c1ccccc1. The fraction of sp³-hybridized carbons (Fsp3) is 0.486. The van der Waals surface area contributed by atoms with Gasteiger partial charge >= 0.3 is 111 Å². The third-order valence-electron chi connectivity index (χ3n) is 8.31. The molecule has 0 aliphatic carbocycles. The van der Waals surface area contributed by atoms with Gasteiger partial charge < -0.3 is 5.32 Å². The van der Waals surface area contributed by atoms with Crippen molar-refractivity contribution in [3.05, 3.63) is 108 Å². The van der Waals surface area contributed by atoms with Crippen molar-refractivity contribution in [3.63, 3.8) is 0 Å². The molecular weight excluding hydrogens is 524 g/mol. The zero-order chi connectivity index (χ0) is 29.8. The van der Waals surface area contributed by atoms with E-state index in [-0.39, 0.29) is 0 Å². The van der Waals surface area contributed by atoms with Crippen LogP contribution in [0.25, 0.3) is 0 Å². The molecule has 0 atom stereocenters. The van der Waals surface area contributed by atoms with Gasteiger partial charge in [-0.05, 0) is 16.7 Å². The minimum Gasteiger partial charge on any atom is -0.336 e. The summed E-state index contributed by atoms with van der Waals surface area (Å²) in [7, 11) is -0.879. The van der Waals surface area contributed by atoms with Gasteiger partial charge in [-0.1, -0.05) is 91.0 Å². The number of unbranched alkanes of at least 4 members (excludes halogenated alkanes) is 4. The molecule has 0 unspecified atom stereocenters. The van der Waals surface area contributed by atoms with Crippen molar-refractivity contribution in [1.82, 2.24) is 5.32 Å². The molecule has 4 heteroatoms. The van der Waals surface area contributed by atoms with Crippen LogP contribution in [0.15, 0.2) is 91.0 Å². The molecule has 0 aliphatic rings. The van der Waals surface area contributed by atoms with Crippen LogP contribution < -0.4 is 5.32 Å². The Hall–Kier alpha value is -2.51. The average molecular weight is 580 g/mol. The van der Waals surface area contributed by atoms with Crippen LogP contribution in [0.2, 0.25) is 0 Å². The summed E-state index contributed by atoms with van der Waals surface area (Å²) in [5.74, 6) is -0.647. The topological polar surface area (TPSA) is 29.1 Å². The van der Waals surface area contributed by atoms with Crippen LogP contribution in [-0.4, -0.2) is 37.2 Å². The molecule has 0 bridgehead atoms. The molecule has 41 heavy (non-hydrogen) atoms. The van der Waals surface area contributed by atoms with E-state index >= 15 is 0 Å². The van der Waals surface area contributed by atoms with E-state index in [1.807, 2.05) is 91.0 Å². The molecule has 1 N–H and O–H groups in total. The molecule has 0 spiro atoms. The number of alkyl halides is 1. The predicted molar refractivity (Wildman–Crippen MR) is 181 cm³/mol. The molecule has 1 amide bonds. The van der Waals surface area contributed by atoms with Crippen molar-refractivity contribution in [1.29, 1.82) is 0 Å². The van der Waals surface area contributed by atoms with E-state index in [9.17, 15) is 9.18 Å². The van der Waals surface area contributed by atoms with E-state index in [1.165, 1.54) is 51.4 Å². The second-order valence-electron chi connectivity index (χ2n) is 11.4. The van der Waals surface area contributed by atoms with Crippen molar-refractivity contribution in [3.8, 4) is 0 Å². The summed E-state index contributed by atoms with van der Waals surface area (Å²) in [4.78, 5) is 12.1. The van der Waals surface area contributed by atoms with Gasteiger partial charge in [-0.25, -0.2) is 4.39 Å². The van der Waals surface area contributed by atoms with Crippen LogP contribution in [0.1, 0.15) is 95.8 Å². The van der Waals surface area contributed by atoms with E-state index in [2.05, 4.69) is 33.0 Å². The summed E-state index contributed by atoms with van der Waals surface area (Å²) in [6, 6.07) is 28.9. The van der Waals surface area contributed by atoms with Gasteiger partial charge in [-0.15, -0.1) is 0 Å². The molecule has 0 radical (unpaired) electrons. The zero-order valence-corrected chi connectivity index (χ0v) is 27.1. The molecule has 0 saturated carbocycles. The molecule has 0 aromatic heterocycles. The Bertz CT molecular complexity index is 940. The van der Waals surface area contributed by atoms with Gasteiger partial charge in [0.25, 0.3) is 5.91 Å². The summed E-state index contributed by atoms with van der Waals surface area (Å²) < 4.78 is 13.1. The smallest absolute Gasteiger partial charge is 0.252 e. The van der Waals surface area contributed by atoms with Gasteiger partial charge in [-0.2, -0.15) is 0 Å². The van der Waals surface area contributed by atoms with E-state index in [4.69, 9.17) is 0 Å². The number of benzene rings is 3. The summed E-state index contributed by atoms with van der Waals surface area (Å²) in [5.41, 5.74) is 1.70. The first-order valence-electron chi connectivity index (χ1n) is 16.0. The molecule has 0 heterocycles. The Balaban J connectivity index is 0.000000307. The quantitative estimate of drug-likeness (QED) is 0.125. The van der Waals surface area contributed by atoms with Crippen molar-refractivity contribution in [2.75, 3.05) is 31.3 Å². The maximum Gasteiger partial charge on any atom is 0.252 e. The summed E-state index contributed by atoms with van der Waals surface area (Å²) in [6.45, 7) is 8.38. The normalized spacial score (nSPS) is 11.8. The first-order chi connectivity index (χ1) is 20.0. The minimum absolute atomic E-state index is 0.647. The van der Waals surface area contributed by atoms with Gasteiger partial charge in [0, 0.05) is 0 Å². The third kappa shape index (κ3) is 10.7. The van der Waals surface area contributed by atoms with Crippen LogP contribution in [-0.2, 0) is 10.3 Å². The number of nitrogens with one attached hydrogen (secondary N) is 1. The van der Waals surface area contributed by atoms with Crippen molar-refractivity contribution >= 4 is 13.2 Å². The summed E-state index contributed by atoms with van der Waals surface area (Å²) in [5, 5.41) is 2.92. The van der Waals surface area contributed by atoms with Crippen LogP contribution >= 0.6 is 7.26 Å². The first-order valence-corrected chi connectivity index (χ1v) is 18.9. The fourth-order valence-electron chi connectivity index (χ4n) is 5.98. The predicted octanol–water partition coefficient (Wildman–Crippen LogP) is 10.0. The zero-order valence-electron chi connectivity index (χ0n) is 26.1. The Labute approximate surface area is 250 Å². The molecule has 3 rings (SSSR count). The Morgan fingerprint density at radius 1 is 0.585 bits per heavy atom. The monoisotopic (exact) mass is 579 g/mol. The second-order valence-corrected chi connectivity index (χ2v) is 16.4. The molecule has 0 fully saturated rings. The van der Waals surface area contributed by atoms with Crippen molar-refractivity contribution in [2.24, 2.45) is 0 Å². The molecule has 3 aromatic carbocycles. The van der Waals surface area contributed by atoms with Gasteiger partial charge in [0.05, 0.1) is 0 Å². The van der Waals surface area contributed by atoms with E-state index in [0.717, 1.165) is 16.7 Å². The van der Waals surface area contributed by atoms with Gasteiger partial charge in [-0.3, -0.25) is 4.79 Å². The second kappa shape index (κ2) is 19.6. The maximum atomic E-state index is 13.1. The number of hydrogen-bond donors (Lipinski definition) is 1. The molecule has 0 saturated heterocycles. The number of halogens is 1. The van der Waals surface area contributed by atoms with Crippen LogP contribution in [0.3, 0.4) is 0 Å². The molecule has 3 aromatic rings. The number of hydrogen-bond acceptors (Lipinski definition) is 1. The first kappa shape index (κ1) is 34.7. The molecule has 2 nitrogen and oxygen atoms in total. The molecule has 0 aliphatic heterocycles. The van der Waals surface area contributed by atoms with Crippen molar-refractivity contribution < 1.29 is 9.18 Å². The molecule has 226 valence electrons. The summed E-state index contributed by atoms with van der Waals surface area (Å²) >= 11 is 0. The van der Waals surface area contributed by atoms with E-state index < -0.39 is 25.4 Å². The van der Waals surface area contributed by atoms with Gasteiger partial charge in [0.15, 0.2) is 6.67 Å². The Kier molecular flexibility index (Phi) is 16.6. The van der Waals surface area contributed by atoms with Gasteiger partial charge in [0.2, 0.25) is 0 Å². The largest absolute Gasteiger partial charge is 0.336 e. The Morgan fingerprint density at radius 3 is 1.12 bits per heavy atom.